The maximum absolute atomic E-state index is 8.83. The van der Waals surface area contributed by atoms with Crippen molar-refractivity contribution in [3.63, 3.8) is 0 Å². The van der Waals surface area contributed by atoms with Gasteiger partial charge in [0.15, 0.2) is 0 Å². The average Bonchev–Trinajstić information content (AvgIpc) is 2.58. The van der Waals surface area contributed by atoms with Gasteiger partial charge in [0.1, 0.15) is 5.75 Å². The molecule has 22 heavy (non-hydrogen) atoms. The minimum Gasteiger partial charge on any atom is -0.494 e. The molecule has 0 aliphatic heterocycles. The van der Waals surface area contributed by atoms with Crippen molar-refractivity contribution in [2.24, 2.45) is 0 Å². The second kappa shape index (κ2) is 10.0. The monoisotopic (exact) mass is 298 g/mol. The molecule has 0 fully saturated rings. The molecule has 2 rings (SSSR count). The Morgan fingerprint density at radius 2 is 1.32 bits per heavy atom. The van der Waals surface area contributed by atoms with Crippen LogP contribution in [0.3, 0.4) is 0 Å². The molecule has 2 heteroatoms. The van der Waals surface area contributed by atoms with Crippen LogP contribution in [0.5, 0.6) is 5.75 Å². The van der Waals surface area contributed by atoms with E-state index in [2.05, 4.69) is 24.3 Å². The first-order valence-electron chi connectivity index (χ1n) is 8.25. The number of aryl methyl sites for hydroxylation is 2. The lowest BCUT2D eigenvalue weighted by Crippen LogP contribution is -1.97. The molecule has 0 spiro atoms. The molecule has 0 unspecified atom stereocenters. The lowest BCUT2D eigenvalue weighted by atomic mass is 10.0. The van der Waals surface area contributed by atoms with Crippen LogP contribution in [0.2, 0.25) is 0 Å². The van der Waals surface area contributed by atoms with E-state index in [0.717, 1.165) is 38.0 Å². The van der Waals surface area contributed by atoms with Crippen LogP contribution in [0.1, 0.15) is 36.8 Å². The van der Waals surface area contributed by atoms with Gasteiger partial charge in [-0.2, -0.15) is 0 Å². The van der Waals surface area contributed by atoms with Crippen LogP contribution in [0.4, 0.5) is 0 Å². The standard InChI is InChI=1S/C20H26O2/c21-16-7-9-19-14-12-18(13-15-19)8-3-2-6-17-22-20-10-4-1-5-11-20/h1,4-5,10-15,21H,2-3,6-9,16-17H2. The number of para-hydroxylation sites is 1. The van der Waals surface area contributed by atoms with Crippen LogP contribution >= 0.6 is 0 Å². The number of benzene rings is 2. The summed E-state index contributed by atoms with van der Waals surface area (Å²) in [6, 6.07) is 18.8. The Labute approximate surface area is 133 Å². The summed E-state index contributed by atoms with van der Waals surface area (Å²) in [4.78, 5) is 0. The number of rotatable bonds is 10. The normalized spacial score (nSPS) is 10.6. The van der Waals surface area contributed by atoms with Gasteiger partial charge >= 0.3 is 0 Å². The molecule has 0 aliphatic carbocycles. The maximum Gasteiger partial charge on any atom is 0.119 e. The van der Waals surface area contributed by atoms with Crippen molar-refractivity contribution in [2.75, 3.05) is 13.2 Å². The highest BCUT2D eigenvalue weighted by Crippen LogP contribution is 2.12. The number of aliphatic hydroxyl groups is 1. The van der Waals surface area contributed by atoms with Gasteiger partial charge in [-0.3, -0.25) is 0 Å². The highest BCUT2D eigenvalue weighted by atomic mass is 16.5. The molecule has 2 nitrogen and oxygen atoms in total. The Morgan fingerprint density at radius 1 is 0.682 bits per heavy atom. The van der Waals surface area contributed by atoms with Crippen molar-refractivity contribution < 1.29 is 9.84 Å². The molecule has 0 bridgehead atoms. The smallest absolute Gasteiger partial charge is 0.119 e. The summed E-state index contributed by atoms with van der Waals surface area (Å²) in [6.45, 7) is 1.07. The molecular weight excluding hydrogens is 272 g/mol. The lowest BCUT2D eigenvalue weighted by Gasteiger charge is -2.06. The number of aliphatic hydroxyl groups excluding tert-OH is 1. The predicted molar refractivity (Wildman–Crippen MR) is 91.3 cm³/mol. The van der Waals surface area contributed by atoms with E-state index in [9.17, 15) is 0 Å². The molecule has 1 N–H and O–H groups in total. The van der Waals surface area contributed by atoms with Gasteiger partial charge in [0.2, 0.25) is 0 Å². The van der Waals surface area contributed by atoms with Crippen LogP contribution in [-0.4, -0.2) is 18.3 Å². The first kappa shape index (κ1) is 16.6. The van der Waals surface area contributed by atoms with E-state index in [4.69, 9.17) is 9.84 Å². The Bertz CT molecular complexity index is 505. The fraction of sp³-hybridized carbons (Fsp3) is 0.400. The summed E-state index contributed by atoms with van der Waals surface area (Å²) in [6.07, 6.45) is 6.44. The minimum atomic E-state index is 0.271. The van der Waals surface area contributed by atoms with Crippen LogP contribution in [0.15, 0.2) is 54.6 Å². The number of unbranched alkanes of at least 4 members (excludes halogenated alkanes) is 2. The van der Waals surface area contributed by atoms with Crippen molar-refractivity contribution >= 4 is 0 Å². The zero-order valence-electron chi connectivity index (χ0n) is 13.2. The minimum absolute atomic E-state index is 0.271. The lowest BCUT2D eigenvalue weighted by molar-refractivity contribution is 0.288. The molecule has 0 saturated heterocycles. The maximum atomic E-state index is 8.83. The Hall–Kier alpha value is -1.80. The Kier molecular flexibility index (Phi) is 7.54. The highest BCUT2D eigenvalue weighted by molar-refractivity contribution is 5.23. The van der Waals surface area contributed by atoms with Gasteiger partial charge in [0, 0.05) is 6.61 Å². The molecule has 2 aromatic rings. The molecule has 0 heterocycles. The molecular formula is C20H26O2. The van der Waals surface area contributed by atoms with E-state index < -0.39 is 0 Å². The van der Waals surface area contributed by atoms with Crippen LogP contribution in [-0.2, 0) is 12.8 Å². The summed E-state index contributed by atoms with van der Waals surface area (Å²) in [7, 11) is 0. The van der Waals surface area contributed by atoms with E-state index in [0.29, 0.717) is 0 Å². The number of ether oxygens (including phenoxy) is 1. The van der Waals surface area contributed by atoms with Crippen molar-refractivity contribution in [3.05, 3.63) is 65.7 Å². The Balaban J connectivity index is 1.56. The van der Waals surface area contributed by atoms with Crippen LogP contribution in [0.25, 0.3) is 0 Å². The number of hydrogen-bond donors (Lipinski definition) is 1. The Morgan fingerprint density at radius 3 is 1.95 bits per heavy atom. The summed E-state index contributed by atoms with van der Waals surface area (Å²) < 4.78 is 5.69. The molecule has 0 saturated carbocycles. The SMILES string of the molecule is OCCCc1ccc(CCCCCOc2ccccc2)cc1. The summed E-state index contributed by atoms with van der Waals surface area (Å²) in [5.74, 6) is 0.959. The average molecular weight is 298 g/mol. The van der Waals surface area contributed by atoms with E-state index >= 15 is 0 Å². The largest absolute Gasteiger partial charge is 0.494 e. The fourth-order valence-corrected chi connectivity index (χ4v) is 2.47. The summed E-state index contributed by atoms with van der Waals surface area (Å²) >= 11 is 0. The van der Waals surface area contributed by atoms with E-state index in [1.165, 1.54) is 24.0 Å². The molecule has 0 atom stereocenters. The molecule has 0 aliphatic rings. The van der Waals surface area contributed by atoms with Crippen molar-refractivity contribution in [1.82, 2.24) is 0 Å². The number of hydrogen-bond acceptors (Lipinski definition) is 2. The topological polar surface area (TPSA) is 29.5 Å². The summed E-state index contributed by atoms with van der Waals surface area (Å²) in [5.41, 5.74) is 2.71. The fourth-order valence-electron chi connectivity index (χ4n) is 2.47. The van der Waals surface area contributed by atoms with Crippen LogP contribution < -0.4 is 4.74 Å². The third kappa shape index (κ3) is 6.31. The zero-order valence-corrected chi connectivity index (χ0v) is 13.2. The first-order chi connectivity index (χ1) is 10.9. The molecule has 0 aromatic heterocycles. The van der Waals surface area contributed by atoms with E-state index in [-0.39, 0.29) is 6.61 Å². The predicted octanol–water partition coefficient (Wildman–Crippen LogP) is 4.40. The third-order valence-electron chi connectivity index (χ3n) is 3.77. The molecule has 2 aromatic carbocycles. The quantitative estimate of drug-likeness (QED) is 0.659. The van der Waals surface area contributed by atoms with Gasteiger partial charge in [-0.25, -0.2) is 0 Å². The molecule has 118 valence electrons. The molecule has 0 amide bonds. The highest BCUT2D eigenvalue weighted by Gasteiger charge is 1.97. The van der Waals surface area contributed by atoms with Gasteiger partial charge in [0.05, 0.1) is 6.61 Å². The second-order valence-electron chi connectivity index (χ2n) is 5.62. The third-order valence-corrected chi connectivity index (χ3v) is 3.77. The van der Waals surface area contributed by atoms with Gasteiger partial charge in [0.25, 0.3) is 0 Å². The first-order valence-corrected chi connectivity index (χ1v) is 8.25. The molecule has 0 radical (unpaired) electrons. The zero-order chi connectivity index (χ0) is 15.5. The second-order valence-corrected chi connectivity index (χ2v) is 5.62. The van der Waals surface area contributed by atoms with Gasteiger partial charge in [-0.1, -0.05) is 42.5 Å². The van der Waals surface area contributed by atoms with Crippen molar-refractivity contribution in [1.29, 1.82) is 0 Å². The van der Waals surface area contributed by atoms with E-state index in [1.54, 1.807) is 0 Å². The van der Waals surface area contributed by atoms with Crippen molar-refractivity contribution in [3.8, 4) is 5.75 Å². The van der Waals surface area contributed by atoms with Crippen molar-refractivity contribution in [2.45, 2.75) is 38.5 Å². The van der Waals surface area contributed by atoms with Gasteiger partial charge < -0.3 is 9.84 Å². The summed E-state index contributed by atoms with van der Waals surface area (Å²) in [5, 5.41) is 8.83. The van der Waals surface area contributed by atoms with Crippen LogP contribution in [0, 0.1) is 0 Å². The van der Waals surface area contributed by atoms with Gasteiger partial charge in [-0.15, -0.1) is 0 Å². The van der Waals surface area contributed by atoms with Gasteiger partial charge in [-0.05, 0) is 61.8 Å². The van der Waals surface area contributed by atoms with E-state index in [1.807, 2.05) is 30.3 Å².